The number of aromatic amines is 1. The van der Waals surface area contributed by atoms with Crippen LogP contribution in [0.5, 0.6) is 11.5 Å². The van der Waals surface area contributed by atoms with Crippen molar-refractivity contribution in [2.75, 3.05) is 33.9 Å². The highest BCUT2D eigenvalue weighted by molar-refractivity contribution is 6.01. The Morgan fingerprint density at radius 2 is 1.37 bits per heavy atom. The molecule has 9 rings (SSSR count). The minimum Gasteiger partial charge on any atom is -0.497 e. The molecule has 5 aromatic rings. The lowest BCUT2D eigenvalue weighted by atomic mass is 9.94. The van der Waals surface area contributed by atoms with Gasteiger partial charge in [-0.1, -0.05) is 55.5 Å². The Kier molecular flexibility index (Phi) is 25.5. The second-order valence-corrected chi connectivity index (χ2v) is 25.5. The first-order chi connectivity index (χ1) is 47.6. The summed E-state index contributed by atoms with van der Waals surface area (Å²) in [5.41, 5.74) is 7.30. The van der Waals surface area contributed by atoms with Gasteiger partial charge in [-0.2, -0.15) is 0 Å². The molecule has 0 unspecified atom stereocenters. The molecule has 30 heteroatoms. The number of ether oxygens (including phenoxy) is 2. The fraction of sp³-hybridized carbons (Fsp3) is 0.443. The van der Waals surface area contributed by atoms with Gasteiger partial charge in [0.05, 0.1) is 20.1 Å². The average molecular weight is 1380 g/mol. The molecule has 0 spiro atoms. The lowest BCUT2D eigenvalue weighted by molar-refractivity contribution is -0.147. The zero-order valence-electron chi connectivity index (χ0n) is 56.8. The molecule has 4 aromatic carbocycles. The van der Waals surface area contributed by atoms with Gasteiger partial charge in [0.15, 0.2) is 0 Å². The van der Waals surface area contributed by atoms with Gasteiger partial charge in [0.1, 0.15) is 83.8 Å². The Labute approximate surface area is 576 Å². The number of hydrogen-bond acceptors (Lipinski definition) is 15. The number of nitrogens with one attached hydrogen (secondary N) is 11. The lowest BCUT2D eigenvalue weighted by Crippen LogP contribution is -2.63. The number of primary amides is 1. The minimum atomic E-state index is -1.61. The summed E-state index contributed by atoms with van der Waals surface area (Å²) in [6.45, 7) is 6.75. The summed E-state index contributed by atoms with van der Waals surface area (Å²) in [5.74, 6) is -10.2. The molecular weight excluding hydrogens is 1300 g/mol. The molecule has 1 saturated heterocycles. The maximum Gasteiger partial charge on any atom is 0.246 e. The number of fused-ring (bicyclic) bond motifs is 28. The fourth-order valence-corrected chi connectivity index (χ4v) is 12.3. The summed E-state index contributed by atoms with van der Waals surface area (Å²) < 4.78 is 26.2. The van der Waals surface area contributed by atoms with E-state index < -0.39 is 149 Å². The fourth-order valence-electron chi connectivity index (χ4n) is 12.3. The molecule has 1 aromatic heterocycles. The van der Waals surface area contributed by atoms with Crippen molar-refractivity contribution in [2.24, 2.45) is 5.73 Å². The van der Waals surface area contributed by atoms with Gasteiger partial charge >= 0.3 is 0 Å². The van der Waals surface area contributed by atoms with E-state index in [0.29, 0.717) is 56.6 Å². The number of nitrogens with zero attached hydrogens (tertiary/aromatic N) is 2. The molecule has 10 atom stereocenters. The van der Waals surface area contributed by atoms with Crippen molar-refractivity contribution < 1.29 is 76.2 Å². The maximum atomic E-state index is 15.4. The second-order valence-electron chi connectivity index (χ2n) is 25.5. The van der Waals surface area contributed by atoms with E-state index in [1.807, 2.05) is 0 Å². The molecule has 1 fully saturated rings. The molecule has 0 radical (unpaired) electrons. The van der Waals surface area contributed by atoms with Crippen LogP contribution in [0.25, 0.3) is 10.9 Å². The molecule has 13 N–H and O–H groups in total. The molecule has 29 nitrogen and oxygen atoms in total. The minimum absolute atomic E-state index is 0.0424. The van der Waals surface area contributed by atoms with Gasteiger partial charge in [0.2, 0.25) is 76.8 Å². The number of methoxy groups -OCH3 is 1. The molecular formula is C70H87FN14O15. The van der Waals surface area contributed by atoms with E-state index in [-0.39, 0.29) is 77.6 Å². The van der Waals surface area contributed by atoms with E-state index in [4.69, 9.17) is 15.2 Å². The Bertz CT molecular complexity index is 3890. The quantitative estimate of drug-likeness (QED) is 0.0906. The Morgan fingerprint density at radius 1 is 0.700 bits per heavy atom. The molecule has 13 amide bonds. The van der Waals surface area contributed by atoms with Gasteiger partial charge in [-0.15, -0.1) is 0 Å². The van der Waals surface area contributed by atoms with Crippen molar-refractivity contribution in [3.63, 3.8) is 0 Å². The van der Waals surface area contributed by atoms with Crippen LogP contribution in [0.1, 0.15) is 101 Å². The van der Waals surface area contributed by atoms with Crippen molar-refractivity contribution in [3.8, 4) is 11.5 Å². The van der Waals surface area contributed by atoms with Crippen molar-refractivity contribution >= 4 is 87.7 Å². The van der Waals surface area contributed by atoms with Crippen LogP contribution < -0.4 is 68.4 Å². The number of rotatable bonds is 8. The predicted octanol–water partition coefficient (Wildman–Crippen LogP) is -0.0636. The van der Waals surface area contributed by atoms with Crippen LogP contribution in [-0.2, 0) is 94.6 Å². The highest BCUT2D eigenvalue weighted by atomic mass is 19.1. The van der Waals surface area contributed by atoms with Crippen LogP contribution >= 0.6 is 0 Å². The van der Waals surface area contributed by atoms with Crippen molar-refractivity contribution in [2.45, 2.75) is 165 Å². The topological polar surface area (TPSA) is 409 Å². The summed E-state index contributed by atoms with van der Waals surface area (Å²) >= 11 is 0. The van der Waals surface area contributed by atoms with Crippen LogP contribution in [0.2, 0.25) is 0 Å². The molecule has 534 valence electrons. The number of likely N-dealkylation sites (N-methyl/N-ethyl adjacent to an activating group) is 1. The number of halogens is 1. The zero-order chi connectivity index (χ0) is 72.5. The number of nitrogens with two attached hydrogens (primary N) is 1. The lowest BCUT2D eigenvalue weighted by Gasteiger charge is -2.37. The van der Waals surface area contributed by atoms with Crippen molar-refractivity contribution in [3.05, 3.63) is 131 Å². The Morgan fingerprint density at radius 3 is 2.06 bits per heavy atom. The van der Waals surface area contributed by atoms with Gasteiger partial charge in [-0.25, -0.2) is 4.39 Å². The molecule has 6 bridgehead atoms. The highest BCUT2D eigenvalue weighted by Gasteiger charge is 2.49. The van der Waals surface area contributed by atoms with Crippen LogP contribution in [-0.4, -0.2) is 185 Å². The number of aromatic nitrogens is 1. The Hall–Kier alpha value is -10.9. The summed E-state index contributed by atoms with van der Waals surface area (Å²) in [7, 11) is 2.75. The molecule has 0 aliphatic carbocycles. The normalized spacial score (nSPS) is 25.1. The predicted molar refractivity (Wildman–Crippen MR) is 361 cm³/mol. The van der Waals surface area contributed by atoms with Gasteiger partial charge in [0, 0.05) is 76.3 Å². The van der Waals surface area contributed by atoms with Gasteiger partial charge in [0.25, 0.3) is 0 Å². The van der Waals surface area contributed by atoms with E-state index in [9.17, 15) is 47.5 Å². The maximum absolute atomic E-state index is 15.4. The van der Waals surface area contributed by atoms with Crippen LogP contribution in [0.15, 0.2) is 97.2 Å². The third-order valence-electron chi connectivity index (χ3n) is 18.0. The zero-order valence-corrected chi connectivity index (χ0v) is 56.8. The van der Waals surface area contributed by atoms with Crippen LogP contribution in [0.3, 0.4) is 0 Å². The SMILES string of the molecule is CC[C@@H]1NC(=O)[C@@H]2CCC(=O)NCc3cccc(c3)C[C@H](NC(=O)[C@@H](C)NC(=O)[C@H](C)NC(=O)[C@@H](NC(C)=O)CC(=O)NCCOc3ccc(cc3)C[C@@H](C(N)=O)NC(=O)[C@]3(C)CCCN3C(=O)[C@H](Cc3ccc(OC)cc3)NC1=O)C(=O)N[C@@H](Cc1c[nH]c3ccc(F)cc13)C(=O)N2C. The summed E-state index contributed by atoms with van der Waals surface area (Å²) in [6.07, 6.45) is -0.126. The van der Waals surface area contributed by atoms with E-state index in [1.54, 1.807) is 86.6 Å². The average Bonchev–Trinajstić information content (AvgIpc) is 1.58. The monoisotopic (exact) mass is 1380 g/mol. The summed E-state index contributed by atoms with van der Waals surface area (Å²) in [6, 6.07) is 10.8. The number of amides is 13. The molecule has 4 aliphatic rings. The highest BCUT2D eigenvalue weighted by Crippen LogP contribution is 2.32. The van der Waals surface area contributed by atoms with E-state index in [1.165, 1.54) is 57.3 Å². The first kappa shape index (κ1) is 74.8. The van der Waals surface area contributed by atoms with Crippen LogP contribution in [0, 0.1) is 5.82 Å². The van der Waals surface area contributed by atoms with Gasteiger partial charge in [-0.05, 0) is 117 Å². The molecule has 5 heterocycles. The number of carbonyl (C=O) groups excluding carboxylic acids is 13. The molecule has 100 heavy (non-hydrogen) atoms. The second kappa shape index (κ2) is 34.0. The molecule has 0 saturated carbocycles. The summed E-state index contributed by atoms with van der Waals surface area (Å²) in [5, 5.41) is 26.9. The first-order valence-corrected chi connectivity index (χ1v) is 33.1. The Balaban J connectivity index is 1.15. The number of benzene rings is 4. The van der Waals surface area contributed by atoms with Crippen LogP contribution in [0.4, 0.5) is 4.39 Å². The third kappa shape index (κ3) is 19.7. The van der Waals surface area contributed by atoms with E-state index in [0.717, 1.165) is 11.8 Å². The number of H-pyrrole nitrogens is 1. The number of carbonyl (C=O) groups is 13. The van der Waals surface area contributed by atoms with E-state index >= 15 is 19.2 Å². The first-order valence-electron chi connectivity index (χ1n) is 33.1. The summed E-state index contributed by atoms with van der Waals surface area (Å²) in [4.78, 5) is 190. The van der Waals surface area contributed by atoms with Crippen molar-refractivity contribution in [1.29, 1.82) is 0 Å². The molecule has 4 aliphatic heterocycles. The van der Waals surface area contributed by atoms with E-state index in [2.05, 4.69) is 58.2 Å². The van der Waals surface area contributed by atoms with Gasteiger partial charge < -0.3 is 83.2 Å². The van der Waals surface area contributed by atoms with Gasteiger partial charge in [-0.3, -0.25) is 62.3 Å². The standard InChI is InChI=1S/C70H87FN14O15/c1-8-50-63(92)81-55(31-42-13-18-47(99-7)19-14-42)68(97)85-27-10-25-70(85,5)69(98)83-52(60(72)89)30-41-15-20-48(21-16-41)100-28-26-73-59(88)35-54(78-40(4)86)64(93)77-38(2)61(90)76-39(3)62(91)80-53-32-43-11-9-12-44(29-43)36-75-58(87)24-23-57(66(95)79-50)84(6)67(96)56(82-65(53)94)33-45-37-74-51-22-17-46(71)34-49(45)51/h9,11-22,29,34,37-39,50,52-57,74H,8,10,23-28,30-33,35-36H2,1-7H3,(H2,72,89)(H,73,88)(H,75,87)(H,76,90)(H,77,93)(H,78,86)(H,79,95)(H,80,91)(H,81,92)(H,82,94)(H,83,98)/t38-,39+,50-,52-,53-,54-,55-,56-,57-,70-/m0/s1. The smallest absolute Gasteiger partial charge is 0.246 e. The number of hydrogen-bond donors (Lipinski definition) is 12. The largest absolute Gasteiger partial charge is 0.497 e. The van der Waals surface area contributed by atoms with Crippen molar-refractivity contribution in [1.82, 2.24) is 68.0 Å². The third-order valence-corrected chi connectivity index (χ3v) is 18.0.